The first-order chi connectivity index (χ1) is 13.2. The largest absolute Gasteiger partial charge is 0.491 e. The van der Waals surface area contributed by atoms with Crippen LogP contribution in [0.4, 0.5) is 4.39 Å². The van der Waals surface area contributed by atoms with E-state index in [0.29, 0.717) is 23.6 Å². The molecule has 1 atom stereocenters. The van der Waals surface area contributed by atoms with Crippen molar-refractivity contribution >= 4 is 11.0 Å². The maximum Gasteiger partial charge on any atom is 0.170 e. The van der Waals surface area contributed by atoms with E-state index in [1.54, 1.807) is 6.07 Å². The van der Waals surface area contributed by atoms with Gasteiger partial charge in [0.05, 0.1) is 0 Å². The SMILES string of the molecule is O[C@H](COc1ccc(-c2noc3cc(F)ccc23)cc1)CN1CCCCC1. The van der Waals surface area contributed by atoms with Gasteiger partial charge in [-0.05, 0) is 62.3 Å². The van der Waals surface area contributed by atoms with E-state index in [1.807, 2.05) is 24.3 Å². The first-order valence-corrected chi connectivity index (χ1v) is 9.37. The molecular weight excluding hydrogens is 347 g/mol. The first-order valence-electron chi connectivity index (χ1n) is 9.37. The van der Waals surface area contributed by atoms with E-state index in [2.05, 4.69) is 10.1 Å². The van der Waals surface area contributed by atoms with Crippen LogP contribution < -0.4 is 4.74 Å². The molecule has 0 unspecified atom stereocenters. The van der Waals surface area contributed by atoms with Gasteiger partial charge in [0.1, 0.15) is 30.0 Å². The molecule has 0 spiro atoms. The summed E-state index contributed by atoms with van der Waals surface area (Å²) in [5, 5.41) is 15.0. The molecule has 0 amide bonds. The second kappa shape index (κ2) is 8.06. The van der Waals surface area contributed by atoms with Crippen molar-refractivity contribution in [3.8, 4) is 17.0 Å². The fourth-order valence-corrected chi connectivity index (χ4v) is 3.51. The third-order valence-corrected chi connectivity index (χ3v) is 4.92. The van der Waals surface area contributed by atoms with Crippen LogP contribution in [0, 0.1) is 5.82 Å². The van der Waals surface area contributed by atoms with Crippen molar-refractivity contribution in [3.05, 3.63) is 48.3 Å². The van der Waals surface area contributed by atoms with Gasteiger partial charge in [0, 0.05) is 23.6 Å². The summed E-state index contributed by atoms with van der Waals surface area (Å²) < 4.78 is 24.2. The van der Waals surface area contributed by atoms with Gasteiger partial charge in [-0.15, -0.1) is 0 Å². The standard InChI is InChI=1S/C21H23FN2O3/c22-16-6-9-19-20(12-16)27-23-21(19)15-4-7-18(8-5-15)26-14-17(25)13-24-10-2-1-3-11-24/h4-9,12,17,25H,1-3,10-11,13-14H2/t17-/m0/s1. The van der Waals surface area contributed by atoms with Gasteiger partial charge in [0.2, 0.25) is 0 Å². The van der Waals surface area contributed by atoms with Crippen LogP contribution in [0.2, 0.25) is 0 Å². The number of fused-ring (bicyclic) bond motifs is 1. The van der Waals surface area contributed by atoms with Crippen molar-refractivity contribution < 1.29 is 18.8 Å². The number of ether oxygens (including phenoxy) is 1. The van der Waals surface area contributed by atoms with Gasteiger partial charge in [-0.25, -0.2) is 4.39 Å². The average molecular weight is 370 g/mol. The number of nitrogens with zero attached hydrogens (tertiary/aromatic N) is 2. The Bertz CT molecular complexity index is 888. The molecule has 0 aliphatic carbocycles. The lowest BCUT2D eigenvalue weighted by Gasteiger charge is -2.28. The Hall–Kier alpha value is -2.44. The van der Waals surface area contributed by atoms with E-state index in [-0.39, 0.29) is 12.4 Å². The Morgan fingerprint density at radius 3 is 2.67 bits per heavy atom. The number of piperidine rings is 1. The summed E-state index contributed by atoms with van der Waals surface area (Å²) in [5.41, 5.74) is 1.95. The van der Waals surface area contributed by atoms with E-state index in [4.69, 9.17) is 9.26 Å². The number of likely N-dealkylation sites (tertiary alicyclic amines) is 1. The Balaban J connectivity index is 1.37. The van der Waals surface area contributed by atoms with Gasteiger partial charge in [0.15, 0.2) is 5.58 Å². The highest BCUT2D eigenvalue weighted by molar-refractivity contribution is 5.91. The molecule has 1 N–H and O–H groups in total. The van der Waals surface area contributed by atoms with Gasteiger partial charge in [-0.3, -0.25) is 0 Å². The van der Waals surface area contributed by atoms with E-state index in [0.717, 1.165) is 24.0 Å². The fourth-order valence-electron chi connectivity index (χ4n) is 3.51. The molecule has 2 heterocycles. The second-order valence-corrected chi connectivity index (χ2v) is 7.02. The molecule has 1 aliphatic heterocycles. The second-order valence-electron chi connectivity index (χ2n) is 7.02. The van der Waals surface area contributed by atoms with Crippen molar-refractivity contribution in [3.63, 3.8) is 0 Å². The number of β-amino-alcohol motifs (C(OH)–C–C–N with tert-alkyl or cyclic N) is 1. The minimum atomic E-state index is -0.503. The summed E-state index contributed by atoms with van der Waals surface area (Å²) in [6, 6.07) is 11.8. The summed E-state index contributed by atoms with van der Waals surface area (Å²) >= 11 is 0. The molecule has 1 saturated heterocycles. The summed E-state index contributed by atoms with van der Waals surface area (Å²) in [6.07, 6.45) is 3.19. The molecule has 1 aromatic heterocycles. The van der Waals surface area contributed by atoms with Crippen molar-refractivity contribution in [2.45, 2.75) is 25.4 Å². The minimum absolute atomic E-state index is 0.266. The van der Waals surface area contributed by atoms with Crippen LogP contribution in [0.15, 0.2) is 47.0 Å². The molecule has 2 aromatic carbocycles. The zero-order chi connectivity index (χ0) is 18.6. The molecule has 6 heteroatoms. The molecular formula is C21H23FN2O3. The van der Waals surface area contributed by atoms with Gasteiger partial charge < -0.3 is 19.3 Å². The molecule has 3 aromatic rings. The quantitative estimate of drug-likeness (QED) is 0.714. The first kappa shape index (κ1) is 17.9. The van der Waals surface area contributed by atoms with Crippen molar-refractivity contribution in [1.82, 2.24) is 10.1 Å². The van der Waals surface area contributed by atoms with Crippen LogP contribution in [-0.2, 0) is 0 Å². The summed E-state index contributed by atoms with van der Waals surface area (Å²) in [6.45, 7) is 3.03. The molecule has 27 heavy (non-hydrogen) atoms. The summed E-state index contributed by atoms with van der Waals surface area (Å²) in [7, 11) is 0. The van der Waals surface area contributed by atoms with Crippen molar-refractivity contribution in [2.75, 3.05) is 26.2 Å². The van der Waals surface area contributed by atoms with Crippen LogP contribution in [0.1, 0.15) is 19.3 Å². The topological polar surface area (TPSA) is 58.7 Å². The number of benzene rings is 2. The zero-order valence-electron chi connectivity index (χ0n) is 15.1. The summed E-state index contributed by atoms with van der Waals surface area (Å²) in [4.78, 5) is 2.29. The highest BCUT2D eigenvalue weighted by Gasteiger charge is 2.15. The lowest BCUT2D eigenvalue weighted by Crippen LogP contribution is -2.38. The number of rotatable bonds is 6. The summed E-state index contributed by atoms with van der Waals surface area (Å²) in [5.74, 6) is 0.340. The van der Waals surface area contributed by atoms with Gasteiger partial charge in [-0.2, -0.15) is 0 Å². The Morgan fingerprint density at radius 2 is 1.89 bits per heavy atom. The smallest absolute Gasteiger partial charge is 0.170 e. The molecule has 1 aliphatic rings. The molecule has 0 radical (unpaired) electrons. The molecule has 4 rings (SSSR count). The Morgan fingerprint density at radius 1 is 1.11 bits per heavy atom. The predicted molar refractivity (Wildman–Crippen MR) is 101 cm³/mol. The van der Waals surface area contributed by atoms with Crippen molar-refractivity contribution in [2.24, 2.45) is 0 Å². The van der Waals surface area contributed by atoms with E-state index < -0.39 is 6.10 Å². The van der Waals surface area contributed by atoms with Crippen LogP contribution in [-0.4, -0.2) is 47.5 Å². The third-order valence-electron chi connectivity index (χ3n) is 4.92. The number of hydrogen-bond acceptors (Lipinski definition) is 5. The monoisotopic (exact) mass is 370 g/mol. The number of aliphatic hydroxyl groups excluding tert-OH is 1. The lowest BCUT2D eigenvalue weighted by molar-refractivity contribution is 0.0617. The van der Waals surface area contributed by atoms with Crippen molar-refractivity contribution in [1.29, 1.82) is 0 Å². The maximum absolute atomic E-state index is 13.3. The van der Waals surface area contributed by atoms with Gasteiger partial charge in [-0.1, -0.05) is 11.6 Å². The third kappa shape index (κ3) is 4.28. The Labute approximate surface area is 157 Å². The van der Waals surface area contributed by atoms with E-state index in [1.165, 1.54) is 31.4 Å². The Kier molecular flexibility index (Phi) is 5.36. The number of aromatic nitrogens is 1. The van der Waals surface area contributed by atoms with Crippen LogP contribution >= 0.6 is 0 Å². The number of aliphatic hydroxyl groups is 1. The normalized spacial score (nSPS) is 16.5. The van der Waals surface area contributed by atoms with E-state index in [9.17, 15) is 9.50 Å². The van der Waals surface area contributed by atoms with Crippen LogP contribution in [0.5, 0.6) is 5.75 Å². The maximum atomic E-state index is 13.3. The number of halogens is 1. The van der Waals surface area contributed by atoms with Gasteiger partial charge in [0.25, 0.3) is 0 Å². The van der Waals surface area contributed by atoms with Crippen LogP contribution in [0.3, 0.4) is 0 Å². The molecule has 0 bridgehead atoms. The highest BCUT2D eigenvalue weighted by Crippen LogP contribution is 2.29. The molecule has 142 valence electrons. The minimum Gasteiger partial charge on any atom is -0.491 e. The molecule has 0 saturated carbocycles. The van der Waals surface area contributed by atoms with E-state index >= 15 is 0 Å². The lowest BCUT2D eigenvalue weighted by atomic mass is 10.1. The molecule has 1 fully saturated rings. The fraction of sp³-hybridized carbons (Fsp3) is 0.381. The number of hydrogen-bond donors (Lipinski definition) is 1. The van der Waals surface area contributed by atoms with Gasteiger partial charge >= 0.3 is 0 Å². The van der Waals surface area contributed by atoms with Crippen LogP contribution in [0.25, 0.3) is 22.2 Å². The highest BCUT2D eigenvalue weighted by atomic mass is 19.1. The predicted octanol–water partition coefficient (Wildman–Crippen LogP) is 3.86. The zero-order valence-corrected chi connectivity index (χ0v) is 15.1. The molecule has 5 nitrogen and oxygen atoms in total. The average Bonchev–Trinajstić information content (AvgIpc) is 3.10.